The third-order valence-corrected chi connectivity index (χ3v) is 9.03. The molecule has 0 saturated heterocycles. The Morgan fingerprint density at radius 3 is 1.67 bits per heavy atom. The lowest BCUT2D eigenvalue weighted by Gasteiger charge is -2.28. The zero-order valence-electron chi connectivity index (χ0n) is 22.6. The fraction of sp³-hybridized carbons (Fsp3) is 1.00. The van der Waals surface area contributed by atoms with Crippen molar-refractivity contribution in [1.29, 1.82) is 0 Å². The van der Waals surface area contributed by atoms with E-state index in [1.54, 1.807) is 7.11 Å². The Bertz CT molecular complexity index is 481. The van der Waals surface area contributed by atoms with Gasteiger partial charge >= 0.3 is 7.60 Å². The predicted octanol–water partition coefficient (Wildman–Crippen LogP) is 7.25. The van der Waals surface area contributed by atoms with Crippen molar-refractivity contribution in [2.24, 2.45) is 0 Å². The van der Waals surface area contributed by atoms with Gasteiger partial charge in [0.2, 0.25) is 0 Å². The van der Waals surface area contributed by atoms with Crippen LogP contribution in [0.3, 0.4) is 0 Å². The number of thioether (sulfide) groups is 1. The second kappa shape index (κ2) is 20.6. The third-order valence-electron chi connectivity index (χ3n) is 6.42. The van der Waals surface area contributed by atoms with Crippen LogP contribution in [-0.4, -0.2) is 72.3 Å². The Labute approximate surface area is 210 Å². The largest absolute Gasteiger partial charge is 0.381 e. The van der Waals surface area contributed by atoms with Gasteiger partial charge in [0.25, 0.3) is 0 Å². The highest BCUT2D eigenvalue weighted by molar-refractivity contribution is 7.99. The van der Waals surface area contributed by atoms with Crippen LogP contribution < -0.4 is 0 Å². The van der Waals surface area contributed by atoms with Crippen LogP contribution in [0.1, 0.15) is 110 Å². The smallest absolute Gasteiger partial charge is 0.328 e. The summed E-state index contributed by atoms with van der Waals surface area (Å²) in [5.74, 6) is 1.92. The average molecular weight is 511 g/mol. The van der Waals surface area contributed by atoms with E-state index in [0.717, 1.165) is 18.1 Å². The predicted molar refractivity (Wildman–Crippen MR) is 146 cm³/mol. The summed E-state index contributed by atoms with van der Waals surface area (Å²) in [6, 6.07) is 0. The van der Waals surface area contributed by atoms with Gasteiger partial charge in [-0.05, 0) is 18.6 Å². The summed E-state index contributed by atoms with van der Waals surface area (Å²) in [7, 11) is 3.71. The van der Waals surface area contributed by atoms with Gasteiger partial charge in [0, 0.05) is 19.3 Å². The summed E-state index contributed by atoms with van der Waals surface area (Å²) in [5.41, 5.74) is -0.610. The summed E-state index contributed by atoms with van der Waals surface area (Å²) in [6.45, 7) is 3.02. The minimum Gasteiger partial charge on any atom is -0.381 e. The first-order chi connectivity index (χ1) is 15.6. The van der Waals surface area contributed by atoms with Crippen LogP contribution in [0.25, 0.3) is 0 Å². The number of hydrogen-bond acceptors (Lipinski definition) is 3. The molecule has 0 aliphatic carbocycles. The van der Waals surface area contributed by atoms with Gasteiger partial charge in [-0.3, -0.25) is 4.57 Å². The normalized spacial score (nSPS) is 14.5. The number of methoxy groups -OCH3 is 1. The summed E-state index contributed by atoms with van der Waals surface area (Å²) in [5, 5.41) is 0. The molecule has 0 heterocycles. The first-order valence-corrected chi connectivity index (χ1v) is 16.4. The van der Waals surface area contributed by atoms with Crippen molar-refractivity contribution in [3.63, 3.8) is 0 Å². The van der Waals surface area contributed by atoms with E-state index in [0.29, 0.717) is 17.3 Å². The number of rotatable bonds is 24. The maximum Gasteiger partial charge on any atom is 0.328 e. The summed E-state index contributed by atoms with van der Waals surface area (Å²) >= 11 is 1.86. The van der Waals surface area contributed by atoms with E-state index in [4.69, 9.17) is 4.74 Å². The molecular weight excluding hydrogens is 453 g/mol. The van der Waals surface area contributed by atoms with Gasteiger partial charge in [-0.2, -0.15) is 11.8 Å². The summed E-state index contributed by atoms with van der Waals surface area (Å²) < 4.78 is 18.2. The lowest BCUT2D eigenvalue weighted by molar-refractivity contribution is -0.870. The standard InChI is InChI=1S/C26H56NO4PS/c1-6-7-8-9-10-11-12-13-14-15-16-17-18-19-22-33-24-25(31-5)23-26(32(28,29)30)20-21-27(2,3)4/h25-26H,6-24H2,1-5H3,(H-,28,29,30)/p+1. The Hall–Kier alpha value is 0.420. The maximum absolute atomic E-state index is 11.9. The molecule has 0 aromatic rings. The number of ether oxygens (including phenoxy) is 1. The third kappa shape index (κ3) is 22.6. The van der Waals surface area contributed by atoms with Crippen LogP contribution in [0.5, 0.6) is 0 Å². The lowest BCUT2D eigenvalue weighted by Crippen LogP contribution is -2.37. The maximum atomic E-state index is 11.9. The number of hydrogen-bond donors (Lipinski definition) is 2. The second-order valence-corrected chi connectivity index (χ2v) is 13.9. The molecule has 0 bridgehead atoms. The number of nitrogens with zero attached hydrogens (tertiary/aromatic N) is 1. The van der Waals surface area contributed by atoms with Gasteiger partial charge in [0.1, 0.15) is 0 Å². The quantitative estimate of drug-likeness (QED) is 0.0813. The van der Waals surface area contributed by atoms with Crippen molar-refractivity contribution in [1.82, 2.24) is 0 Å². The Balaban J connectivity index is 3.73. The van der Waals surface area contributed by atoms with Gasteiger partial charge in [0.15, 0.2) is 0 Å². The van der Waals surface area contributed by atoms with Gasteiger partial charge in [-0.25, -0.2) is 0 Å². The molecule has 0 rings (SSSR count). The fourth-order valence-corrected chi connectivity index (χ4v) is 6.18. The molecule has 7 heteroatoms. The van der Waals surface area contributed by atoms with Gasteiger partial charge in [-0.1, -0.05) is 90.4 Å². The van der Waals surface area contributed by atoms with Crippen molar-refractivity contribution >= 4 is 19.4 Å². The van der Waals surface area contributed by atoms with Crippen LogP contribution in [0, 0.1) is 0 Å². The molecular formula is C26H57NO4PS+. The van der Waals surface area contributed by atoms with Crippen LogP contribution in [0.2, 0.25) is 0 Å². The Morgan fingerprint density at radius 2 is 1.27 bits per heavy atom. The summed E-state index contributed by atoms with van der Waals surface area (Å²) in [6.07, 6.45) is 20.1. The van der Waals surface area contributed by atoms with Crippen molar-refractivity contribution in [2.45, 2.75) is 121 Å². The zero-order chi connectivity index (χ0) is 25.0. The molecule has 200 valence electrons. The van der Waals surface area contributed by atoms with Gasteiger partial charge in [0.05, 0.1) is 39.5 Å². The highest BCUT2D eigenvalue weighted by Gasteiger charge is 2.32. The van der Waals surface area contributed by atoms with E-state index < -0.39 is 13.3 Å². The van der Waals surface area contributed by atoms with E-state index >= 15 is 0 Å². The molecule has 0 aliphatic rings. The van der Waals surface area contributed by atoms with E-state index in [1.807, 2.05) is 11.8 Å². The highest BCUT2D eigenvalue weighted by atomic mass is 32.2. The molecule has 2 atom stereocenters. The second-order valence-electron chi connectivity index (χ2n) is 10.8. The van der Waals surface area contributed by atoms with E-state index in [-0.39, 0.29) is 6.10 Å². The molecule has 0 fully saturated rings. The lowest BCUT2D eigenvalue weighted by atomic mass is 10.0. The molecule has 2 N–H and O–H groups in total. The monoisotopic (exact) mass is 510 g/mol. The molecule has 33 heavy (non-hydrogen) atoms. The molecule has 0 aromatic heterocycles. The minimum atomic E-state index is -4.10. The van der Waals surface area contributed by atoms with Crippen molar-refractivity contribution in [2.75, 3.05) is 46.3 Å². The van der Waals surface area contributed by atoms with E-state index in [1.165, 1.54) is 89.9 Å². The molecule has 0 saturated carbocycles. The van der Waals surface area contributed by atoms with Crippen LogP contribution in [0.4, 0.5) is 0 Å². The van der Waals surface area contributed by atoms with Gasteiger partial charge < -0.3 is 19.0 Å². The molecule has 0 aromatic carbocycles. The summed E-state index contributed by atoms with van der Waals surface area (Å²) in [4.78, 5) is 19.5. The van der Waals surface area contributed by atoms with Crippen LogP contribution >= 0.6 is 19.4 Å². The number of quaternary nitrogens is 1. The van der Waals surface area contributed by atoms with Gasteiger partial charge in [-0.15, -0.1) is 0 Å². The molecule has 0 aliphatic heterocycles. The van der Waals surface area contributed by atoms with E-state index in [2.05, 4.69) is 28.1 Å². The number of unbranched alkanes of at least 4 members (excludes halogenated alkanes) is 13. The topological polar surface area (TPSA) is 66.8 Å². The van der Waals surface area contributed by atoms with E-state index in [9.17, 15) is 14.4 Å². The highest BCUT2D eigenvalue weighted by Crippen LogP contribution is 2.45. The SMILES string of the molecule is CCCCCCCCCCCCCCCCSCC(CC(CC[N+](C)(C)C)P(=O)(O)O)OC. The molecule has 5 nitrogen and oxygen atoms in total. The molecule has 0 spiro atoms. The molecule has 2 unspecified atom stereocenters. The zero-order valence-corrected chi connectivity index (χ0v) is 24.3. The van der Waals surface area contributed by atoms with Crippen LogP contribution in [-0.2, 0) is 9.30 Å². The fourth-order valence-electron chi connectivity index (χ4n) is 4.11. The Kier molecular flexibility index (Phi) is 20.9. The van der Waals surface area contributed by atoms with Crippen LogP contribution in [0.15, 0.2) is 0 Å². The first-order valence-electron chi connectivity index (χ1n) is 13.6. The average Bonchev–Trinajstić information content (AvgIpc) is 2.73. The van der Waals surface area contributed by atoms with Crippen molar-refractivity contribution in [3.8, 4) is 0 Å². The first kappa shape index (κ1) is 33.4. The minimum absolute atomic E-state index is 0.0910. The molecule has 0 radical (unpaired) electrons. The molecule has 0 amide bonds. The Morgan fingerprint density at radius 1 is 0.818 bits per heavy atom. The van der Waals surface area contributed by atoms with Crippen molar-refractivity contribution < 1.29 is 23.6 Å². The van der Waals surface area contributed by atoms with Crippen molar-refractivity contribution in [3.05, 3.63) is 0 Å².